The number of benzene rings is 1. The second-order valence-corrected chi connectivity index (χ2v) is 6.63. The predicted molar refractivity (Wildman–Crippen MR) is 93.8 cm³/mol. The molecule has 8 heteroatoms. The van der Waals surface area contributed by atoms with E-state index in [0.717, 1.165) is 0 Å². The maximum atomic E-state index is 12.7. The lowest BCUT2D eigenvalue weighted by atomic mass is 9.80. The average molecular weight is 359 g/mol. The minimum Gasteiger partial charge on any atom is -0.481 e. The zero-order chi connectivity index (χ0) is 18.7. The highest BCUT2D eigenvalue weighted by Crippen LogP contribution is 2.31. The van der Waals surface area contributed by atoms with Crippen LogP contribution in [0.1, 0.15) is 12.8 Å². The van der Waals surface area contributed by atoms with Crippen molar-refractivity contribution in [3.8, 4) is 0 Å². The van der Waals surface area contributed by atoms with Gasteiger partial charge in [-0.3, -0.25) is 19.0 Å². The van der Waals surface area contributed by atoms with Crippen molar-refractivity contribution in [2.24, 2.45) is 5.41 Å². The predicted octanol–water partition coefficient (Wildman–Crippen LogP) is 0.736. The molecule has 8 nitrogen and oxygen atoms in total. The summed E-state index contributed by atoms with van der Waals surface area (Å²) in [6, 6.07) is 6.94. The van der Waals surface area contributed by atoms with Crippen LogP contribution in [-0.4, -0.2) is 58.2 Å². The Morgan fingerprint density at radius 1 is 1.35 bits per heavy atom. The highest BCUT2D eigenvalue weighted by atomic mass is 16.5. The molecule has 3 rings (SSSR count). The summed E-state index contributed by atoms with van der Waals surface area (Å²) in [5.41, 5.74) is -0.818. The number of carbonyl (C=O) groups excluding carboxylic acids is 1. The molecule has 0 saturated carbocycles. The lowest BCUT2D eigenvalue weighted by molar-refractivity contribution is -0.159. The number of carboxylic acid groups (broad SMARTS) is 1. The zero-order valence-corrected chi connectivity index (χ0v) is 14.6. The SMILES string of the molecule is COCC1(C(=O)O)CCCN(C(=O)Cn2cnc3ccccc3c2=O)C1. The van der Waals surface area contributed by atoms with E-state index in [1.54, 1.807) is 24.3 Å². The molecule has 138 valence electrons. The number of likely N-dealkylation sites (tertiary alicyclic amines) is 1. The van der Waals surface area contributed by atoms with Gasteiger partial charge in [0.25, 0.3) is 5.56 Å². The number of ether oxygens (including phenoxy) is 1. The number of rotatable bonds is 5. The topological polar surface area (TPSA) is 102 Å². The fourth-order valence-electron chi connectivity index (χ4n) is 3.44. The molecule has 1 N–H and O–H groups in total. The Labute approximate surface area is 150 Å². The Kier molecular flexibility index (Phi) is 5.03. The number of hydrogen-bond donors (Lipinski definition) is 1. The van der Waals surface area contributed by atoms with Crippen LogP contribution in [-0.2, 0) is 20.9 Å². The van der Waals surface area contributed by atoms with Gasteiger partial charge in [0.15, 0.2) is 0 Å². The van der Waals surface area contributed by atoms with Crippen molar-refractivity contribution in [2.45, 2.75) is 19.4 Å². The second-order valence-electron chi connectivity index (χ2n) is 6.63. The van der Waals surface area contributed by atoms with Crippen molar-refractivity contribution in [2.75, 3.05) is 26.8 Å². The standard InChI is InChI=1S/C18H21N3O5/c1-26-11-18(17(24)25)7-4-8-20(10-18)15(22)9-21-12-19-14-6-3-2-5-13(14)16(21)23/h2-3,5-6,12H,4,7-11H2,1H3,(H,24,25). The first kappa shape index (κ1) is 18.1. The van der Waals surface area contributed by atoms with Crippen molar-refractivity contribution < 1.29 is 19.4 Å². The Morgan fingerprint density at radius 3 is 2.85 bits per heavy atom. The summed E-state index contributed by atoms with van der Waals surface area (Å²) in [6.07, 6.45) is 2.38. The van der Waals surface area contributed by atoms with Crippen molar-refractivity contribution in [3.63, 3.8) is 0 Å². The molecule has 0 spiro atoms. The molecule has 0 aliphatic carbocycles. The van der Waals surface area contributed by atoms with Crippen molar-refractivity contribution >= 4 is 22.8 Å². The molecule has 1 atom stereocenters. The second kappa shape index (κ2) is 7.25. The number of aliphatic carboxylic acids is 1. The van der Waals surface area contributed by atoms with E-state index >= 15 is 0 Å². The van der Waals surface area contributed by atoms with E-state index in [0.29, 0.717) is 30.3 Å². The Morgan fingerprint density at radius 2 is 2.12 bits per heavy atom. The lowest BCUT2D eigenvalue weighted by Gasteiger charge is -2.39. The third-order valence-electron chi connectivity index (χ3n) is 4.84. The largest absolute Gasteiger partial charge is 0.481 e. The lowest BCUT2D eigenvalue weighted by Crippen LogP contribution is -2.53. The number of fused-ring (bicyclic) bond motifs is 1. The van der Waals surface area contributed by atoms with Crippen LogP contribution in [0.25, 0.3) is 10.9 Å². The number of nitrogens with zero attached hydrogens (tertiary/aromatic N) is 3. The number of carboxylic acids is 1. The summed E-state index contributed by atoms with van der Waals surface area (Å²) in [4.78, 5) is 42.6. The summed E-state index contributed by atoms with van der Waals surface area (Å²) in [6.45, 7) is 0.418. The maximum absolute atomic E-state index is 12.7. The van der Waals surface area contributed by atoms with Crippen molar-refractivity contribution in [3.05, 3.63) is 40.9 Å². The molecule has 1 aromatic carbocycles. The molecule has 26 heavy (non-hydrogen) atoms. The van der Waals surface area contributed by atoms with Gasteiger partial charge in [-0.1, -0.05) is 12.1 Å². The molecular weight excluding hydrogens is 338 g/mol. The van der Waals surface area contributed by atoms with Crippen LogP contribution in [0.4, 0.5) is 0 Å². The molecule has 1 fully saturated rings. The number of methoxy groups -OCH3 is 1. The molecule has 1 unspecified atom stereocenters. The van der Waals surface area contributed by atoms with Crippen LogP contribution in [0.5, 0.6) is 0 Å². The van der Waals surface area contributed by atoms with Crippen LogP contribution in [0, 0.1) is 5.41 Å². The number of carbonyl (C=O) groups is 2. The Balaban J connectivity index is 1.81. The molecular formula is C18H21N3O5. The summed E-state index contributed by atoms with van der Waals surface area (Å²) >= 11 is 0. The minimum atomic E-state index is -1.10. The van der Waals surface area contributed by atoms with E-state index < -0.39 is 11.4 Å². The van der Waals surface area contributed by atoms with Gasteiger partial charge in [0, 0.05) is 20.2 Å². The van der Waals surface area contributed by atoms with E-state index in [1.165, 1.54) is 22.9 Å². The number of aromatic nitrogens is 2. The zero-order valence-electron chi connectivity index (χ0n) is 14.6. The van der Waals surface area contributed by atoms with Crippen LogP contribution in [0.3, 0.4) is 0 Å². The van der Waals surface area contributed by atoms with Gasteiger partial charge in [-0.05, 0) is 25.0 Å². The maximum Gasteiger partial charge on any atom is 0.313 e. The first-order valence-electron chi connectivity index (χ1n) is 8.41. The van der Waals surface area contributed by atoms with Gasteiger partial charge in [-0.15, -0.1) is 0 Å². The number of piperidine rings is 1. The molecule has 0 bridgehead atoms. The van der Waals surface area contributed by atoms with Gasteiger partial charge in [0.2, 0.25) is 5.91 Å². The third-order valence-corrected chi connectivity index (χ3v) is 4.84. The fraction of sp³-hybridized carbons (Fsp3) is 0.444. The molecule has 2 aromatic rings. The van der Waals surface area contributed by atoms with Crippen LogP contribution >= 0.6 is 0 Å². The first-order valence-corrected chi connectivity index (χ1v) is 8.41. The van der Waals surface area contributed by atoms with E-state index in [2.05, 4.69) is 4.98 Å². The molecule has 1 amide bonds. The summed E-state index contributed by atoms with van der Waals surface area (Å²) in [5.74, 6) is -1.27. The summed E-state index contributed by atoms with van der Waals surface area (Å²) < 4.78 is 6.34. The number of hydrogen-bond acceptors (Lipinski definition) is 5. The van der Waals surface area contributed by atoms with E-state index in [1.807, 2.05) is 0 Å². The van der Waals surface area contributed by atoms with E-state index in [9.17, 15) is 19.5 Å². The Bertz CT molecular complexity index is 890. The molecule has 1 saturated heterocycles. The van der Waals surface area contributed by atoms with Gasteiger partial charge in [-0.2, -0.15) is 0 Å². The average Bonchev–Trinajstić information content (AvgIpc) is 2.64. The number of amides is 1. The van der Waals surface area contributed by atoms with Gasteiger partial charge in [-0.25, -0.2) is 4.98 Å². The molecule has 1 aliphatic rings. The highest BCUT2D eigenvalue weighted by Gasteiger charge is 2.43. The first-order chi connectivity index (χ1) is 12.5. The van der Waals surface area contributed by atoms with Crippen LogP contribution < -0.4 is 5.56 Å². The van der Waals surface area contributed by atoms with Crippen LogP contribution in [0.2, 0.25) is 0 Å². The summed E-state index contributed by atoms with van der Waals surface area (Å²) in [5, 5.41) is 10.0. The van der Waals surface area contributed by atoms with Gasteiger partial charge < -0.3 is 14.7 Å². The van der Waals surface area contributed by atoms with Crippen molar-refractivity contribution in [1.82, 2.24) is 14.5 Å². The quantitative estimate of drug-likeness (QED) is 0.845. The molecule has 1 aliphatic heterocycles. The minimum absolute atomic E-state index is 0.0452. The van der Waals surface area contributed by atoms with Crippen LogP contribution in [0.15, 0.2) is 35.4 Å². The monoisotopic (exact) mass is 359 g/mol. The highest BCUT2D eigenvalue weighted by molar-refractivity contribution is 5.81. The summed E-state index contributed by atoms with van der Waals surface area (Å²) in [7, 11) is 1.45. The van der Waals surface area contributed by atoms with Gasteiger partial charge in [0.05, 0.1) is 23.8 Å². The van der Waals surface area contributed by atoms with Gasteiger partial charge in [0.1, 0.15) is 12.0 Å². The van der Waals surface area contributed by atoms with E-state index in [-0.39, 0.29) is 31.2 Å². The van der Waals surface area contributed by atoms with Gasteiger partial charge >= 0.3 is 5.97 Å². The number of para-hydroxylation sites is 1. The van der Waals surface area contributed by atoms with E-state index in [4.69, 9.17) is 4.74 Å². The third kappa shape index (κ3) is 3.32. The Hall–Kier alpha value is -2.74. The fourth-order valence-corrected chi connectivity index (χ4v) is 3.44. The van der Waals surface area contributed by atoms with Crippen molar-refractivity contribution in [1.29, 1.82) is 0 Å². The molecule has 2 heterocycles. The smallest absolute Gasteiger partial charge is 0.313 e. The normalized spacial score (nSPS) is 20.3. The molecule has 0 radical (unpaired) electrons. The molecule has 1 aromatic heterocycles.